The van der Waals surface area contributed by atoms with E-state index in [-0.39, 0.29) is 6.61 Å². The zero-order chi connectivity index (χ0) is 17.8. The first kappa shape index (κ1) is 24.6. The molecule has 0 radical (unpaired) electrons. The van der Waals surface area contributed by atoms with Crippen molar-refractivity contribution in [3.8, 4) is 0 Å². The number of aliphatic hydroxyl groups excluding tert-OH is 2. The van der Waals surface area contributed by atoms with E-state index >= 15 is 0 Å². The summed E-state index contributed by atoms with van der Waals surface area (Å²) in [5.41, 5.74) is 0. The van der Waals surface area contributed by atoms with Gasteiger partial charge in [-0.1, -0.05) is 84.0 Å². The molecule has 0 aliphatic carbocycles. The minimum absolute atomic E-state index is 0.139. The summed E-state index contributed by atoms with van der Waals surface area (Å²) in [6.45, 7) is 3.65. The van der Waals surface area contributed by atoms with E-state index in [9.17, 15) is 4.79 Å². The summed E-state index contributed by atoms with van der Waals surface area (Å²) >= 11 is 0. The minimum atomic E-state index is -0.655. The molecule has 0 rings (SSSR count). The maximum Gasteiger partial charge on any atom is 0.303 e. The summed E-state index contributed by atoms with van der Waals surface area (Å²) in [4.78, 5) is 10.3. The maximum absolute atomic E-state index is 10.3. The Labute approximate surface area is 143 Å². The highest BCUT2D eigenvalue weighted by Gasteiger charge is 1.96. The Kier molecular flexibility index (Phi) is 22.9. The SMILES string of the molecule is CC(O)CO.CCCCCCCCCCCCCCCC(=O)O. The molecule has 0 fully saturated rings. The van der Waals surface area contributed by atoms with Gasteiger partial charge in [-0.05, 0) is 13.3 Å². The third-order valence-corrected chi connectivity index (χ3v) is 3.76. The lowest BCUT2D eigenvalue weighted by Crippen LogP contribution is -2.03. The van der Waals surface area contributed by atoms with Gasteiger partial charge in [0.2, 0.25) is 0 Å². The van der Waals surface area contributed by atoms with Crippen LogP contribution in [-0.2, 0) is 4.79 Å². The average molecular weight is 333 g/mol. The van der Waals surface area contributed by atoms with E-state index in [2.05, 4.69) is 6.92 Å². The summed E-state index contributed by atoms with van der Waals surface area (Å²) in [5, 5.41) is 24.5. The molecule has 0 aromatic carbocycles. The van der Waals surface area contributed by atoms with Crippen LogP contribution in [0.15, 0.2) is 0 Å². The third kappa shape index (κ3) is 29.9. The predicted molar refractivity (Wildman–Crippen MR) is 96.7 cm³/mol. The van der Waals surface area contributed by atoms with Crippen LogP contribution in [0, 0.1) is 0 Å². The first-order valence-electron chi connectivity index (χ1n) is 9.55. The Bertz CT molecular complexity index is 229. The largest absolute Gasteiger partial charge is 0.481 e. The van der Waals surface area contributed by atoms with Gasteiger partial charge in [-0.2, -0.15) is 0 Å². The summed E-state index contributed by atoms with van der Waals surface area (Å²) in [6.07, 6.45) is 16.7. The number of hydrogen-bond donors (Lipinski definition) is 3. The zero-order valence-corrected chi connectivity index (χ0v) is 15.4. The first-order valence-corrected chi connectivity index (χ1v) is 9.55. The molecular formula is C19H40O4. The Hall–Kier alpha value is -0.610. The topological polar surface area (TPSA) is 77.8 Å². The van der Waals surface area contributed by atoms with E-state index in [1.54, 1.807) is 0 Å². The van der Waals surface area contributed by atoms with Crippen molar-refractivity contribution in [3.63, 3.8) is 0 Å². The lowest BCUT2D eigenvalue weighted by molar-refractivity contribution is -0.137. The highest BCUT2D eigenvalue weighted by molar-refractivity contribution is 5.66. The van der Waals surface area contributed by atoms with E-state index in [0.717, 1.165) is 12.8 Å². The molecule has 1 unspecified atom stereocenters. The van der Waals surface area contributed by atoms with Crippen molar-refractivity contribution in [2.45, 2.75) is 110 Å². The fourth-order valence-electron chi connectivity index (χ4n) is 2.29. The number of unbranched alkanes of at least 4 members (excludes halogenated alkanes) is 12. The second kappa shape index (κ2) is 21.4. The van der Waals surface area contributed by atoms with E-state index in [1.807, 2.05) is 0 Å². The van der Waals surface area contributed by atoms with Crippen LogP contribution >= 0.6 is 0 Å². The van der Waals surface area contributed by atoms with Crippen molar-refractivity contribution in [1.82, 2.24) is 0 Å². The number of carboxylic acids is 1. The summed E-state index contributed by atoms with van der Waals surface area (Å²) < 4.78 is 0. The molecule has 0 saturated carbocycles. The minimum Gasteiger partial charge on any atom is -0.481 e. The second-order valence-corrected chi connectivity index (χ2v) is 6.42. The van der Waals surface area contributed by atoms with Crippen LogP contribution < -0.4 is 0 Å². The quantitative estimate of drug-likeness (QED) is 0.372. The number of aliphatic carboxylic acids is 1. The number of aliphatic hydroxyl groups is 2. The smallest absolute Gasteiger partial charge is 0.303 e. The van der Waals surface area contributed by atoms with Gasteiger partial charge in [0.05, 0.1) is 12.7 Å². The summed E-state index contributed by atoms with van der Waals surface area (Å²) in [6, 6.07) is 0. The van der Waals surface area contributed by atoms with E-state index < -0.39 is 12.1 Å². The molecule has 4 nitrogen and oxygen atoms in total. The molecule has 0 aliphatic heterocycles. The molecule has 0 heterocycles. The molecule has 0 aromatic rings. The van der Waals surface area contributed by atoms with Gasteiger partial charge in [0.25, 0.3) is 0 Å². The van der Waals surface area contributed by atoms with Crippen LogP contribution in [0.2, 0.25) is 0 Å². The van der Waals surface area contributed by atoms with Crippen LogP contribution in [0.4, 0.5) is 0 Å². The molecule has 0 aliphatic rings. The number of carboxylic acid groups (broad SMARTS) is 1. The molecule has 0 spiro atoms. The van der Waals surface area contributed by atoms with Gasteiger partial charge in [-0.25, -0.2) is 0 Å². The fraction of sp³-hybridized carbons (Fsp3) is 0.947. The van der Waals surface area contributed by atoms with Crippen molar-refractivity contribution in [2.75, 3.05) is 6.61 Å². The maximum atomic E-state index is 10.3. The van der Waals surface area contributed by atoms with Gasteiger partial charge < -0.3 is 15.3 Å². The van der Waals surface area contributed by atoms with Gasteiger partial charge in [0, 0.05) is 6.42 Å². The summed E-state index contributed by atoms with van der Waals surface area (Å²) in [5.74, 6) is -0.655. The molecular weight excluding hydrogens is 292 g/mol. The van der Waals surface area contributed by atoms with E-state index in [4.69, 9.17) is 15.3 Å². The Balaban J connectivity index is 0. The monoisotopic (exact) mass is 332 g/mol. The molecule has 0 saturated heterocycles. The van der Waals surface area contributed by atoms with E-state index in [0.29, 0.717) is 6.42 Å². The average Bonchev–Trinajstić information content (AvgIpc) is 2.52. The Morgan fingerprint density at radius 3 is 1.35 bits per heavy atom. The summed E-state index contributed by atoms with van der Waals surface area (Å²) in [7, 11) is 0. The van der Waals surface area contributed by atoms with Gasteiger partial charge in [-0.15, -0.1) is 0 Å². The fourth-order valence-corrected chi connectivity index (χ4v) is 2.29. The third-order valence-electron chi connectivity index (χ3n) is 3.76. The van der Waals surface area contributed by atoms with Crippen LogP contribution in [0.1, 0.15) is 104 Å². The highest BCUT2D eigenvalue weighted by Crippen LogP contribution is 2.12. The molecule has 0 amide bonds. The van der Waals surface area contributed by atoms with Crippen molar-refractivity contribution in [2.24, 2.45) is 0 Å². The van der Waals surface area contributed by atoms with Gasteiger partial charge in [0.1, 0.15) is 0 Å². The van der Waals surface area contributed by atoms with Crippen molar-refractivity contribution in [3.05, 3.63) is 0 Å². The van der Waals surface area contributed by atoms with Gasteiger partial charge in [-0.3, -0.25) is 4.79 Å². The van der Waals surface area contributed by atoms with Crippen LogP contribution in [-0.4, -0.2) is 34.0 Å². The van der Waals surface area contributed by atoms with Crippen LogP contribution in [0.5, 0.6) is 0 Å². The first-order chi connectivity index (χ1) is 11.0. The molecule has 140 valence electrons. The molecule has 1 atom stereocenters. The van der Waals surface area contributed by atoms with Crippen LogP contribution in [0.3, 0.4) is 0 Å². The number of hydrogen-bond acceptors (Lipinski definition) is 3. The normalized spacial score (nSPS) is 11.7. The lowest BCUT2D eigenvalue weighted by Gasteiger charge is -2.02. The van der Waals surface area contributed by atoms with Crippen molar-refractivity contribution >= 4 is 5.97 Å². The predicted octanol–water partition coefficient (Wildman–Crippen LogP) is 4.91. The lowest BCUT2D eigenvalue weighted by atomic mass is 10.0. The standard InChI is InChI=1S/C16H32O2.C3H8O2/c1-2-3-4-5-6-7-8-9-10-11-12-13-14-15-16(17)18;1-3(5)2-4/h2-15H2,1H3,(H,17,18);3-5H,2H2,1H3. The van der Waals surface area contributed by atoms with Crippen LogP contribution in [0.25, 0.3) is 0 Å². The molecule has 0 aromatic heterocycles. The Morgan fingerprint density at radius 1 is 0.783 bits per heavy atom. The molecule has 3 N–H and O–H groups in total. The number of carbonyl (C=O) groups is 1. The van der Waals surface area contributed by atoms with Crippen molar-refractivity contribution in [1.29, 1.82) is 0 Å². The number of rotatable bonds is 15. The van der Waals surface area contributed by atoms with E-state index in [1.165, 1.54) is 77.6 Å². The molecule has 4 heteroatoms. The van der Waals surface area contributed by atoms with Gasteiger partial charge >= 0.3 is 5.97 Å². The van der Waals surface area contributed by atoms with Crippen molar-refractivity contribution < 1.29 is 20.1 Å². The molecule has 23 heavy (non-hydrogen) atoms. The second-order valence-electron chi connectivity index (χ2n) is 6.42. The Morgan fingerprint density at radius 2 is 1.09 bits per heavy atom. The molecule has 0 bridgehead atoms. The van der Waals surface area contributed by atoms with Gasteiger partial charge in [0.15, 0.2) is 0 Å². The highest BCUT2D eigenvalue weighted by atomic mass is 16.4. The zero-order valence-electron chi connectivity index (χ0n) is 15.4.